The Balaban J connectivity index is 0.894. The van der Waals surface area contributed by atoms with Gasteiger partial charge < -0.3 is 18.9 Å². The van der Waals surface area contributed by atoms with E-state index in [-0.39, 0.29) is 0 Å². The molecule has 0 saturated heterocycles. The van der Waals surface area contributed by atoms with Gasteiger partial charge in [-0.25, -0.2) is 4.98 Å². The maximum Gasteiger partial charge on any atom is 0.153 e. The number of pyridine rings is 3. The van der Waals surface area contributed by atoms with Crippen LogP contribution in [-0.4, -0.2) is 47.7 Å². The van der Waals surface area contributed by atoms with Gasteiger partial charge >= 0.3 is 0 Å². The second-order valence-electron chi connectivity index (χ2n) is 21.4. The van der Waals surface area contributed by atoms with Crippen molar-refractivity contribution in [1.29, 1.82) is 0 Å². The van der Waals surface area contributed by atoms with Crippen molar-refractivity contribution in [2.75, 3.05) is 26.4 Å². The van der Waals surface area contributed by atoms with Crippen LogP contribution < -0.4 is 18.9 Å². The first-order valence-electron chi connectivity index (χ1n) is 30.8. The van der Waals surface area contributed by atoms with E-state index in [9.17, 15) is 4.79 Å². The van der Waals surface area contributed by atoms with E-state index in [1.54, 1.807) is 29.8 Å². The summed E-state index contributed by atoms with van der Waals surface area (Å²) >= 11 is 1.68. The van der Waals surface area contributed by atoms with Crippen molar-refractivity contribution in [1.82, 2.24) is 15.0 Å². The van der Waals surface area contributed by atoms with Crippen molar-refractivity contribution >= 4 is 78.4 Å². The first-order valence-corrected chi connectivity index (χ1v) is 31.6. The fourth-order valence-corrected chi connectivity index (χ4v) is 10.8. The SMILES string of the molecule is CCCOc1cc(/C=C/c2ccc(/C=C/c3cc(OCCC)c(/C=C/c4ccc(/C=C/c5cc(CCC)c(/C=C/c6ccc(-c7cc(-c8ccccn8)nc(-c8ccccn8)c7)cc6)cc5CCC)cc4)cc3OCCC)s2)c(OCCC)cc1C=O. The van der Waals surface area contributed by atoms with Crippen molar-refractivity contribution in [2.24, 2.45) is 0 Å². The zero-order valence-corrected chi connectivity index (χ0v) is 52.0. The highest BCUT2D eigenvalue weighted by atomic mass is 32.1. The number of carbonyl (C=O) groups is 1. The molecule has 9 aromatic rings. The lowest BCUT2D eigenvalue weighted by atomic mass is 9.92. The Morgan fingerprint density at radius 3 is 1.11 bits per heavy atom. The van der Waals surface area contributed by atoms with Crippen molar-refractivity contribution in [3.8, 4) is 56.9 Å². The minimum Gasteiger partial charge on any atom is -0.493 e. The molecule has 0 radical (unpaired) electrons. The lowest BCUT2D eigenvalue weighted by Crippen LogP contribution is -2.02. The van der Waals surface area contributed by atoms with Crippen LogP contribution in [0.1, 0.15) is 156 Å². The summed E-state index contributed by atoms with van der Waals surface area (Å²) in [4.78, 5) is 28.3. The highest BCUT2D eigenvalue weighted by Gasteiger charge is 2.15. The molecule has 5 aromatic carbocycles. The van der Waals surface area contributed by atoms with E-state index in [0.29, 0.717) is 43.5 Å². The quantitative estimate of drug-likeness (QED) is 0.0325. The van der Waals surface area contributed by atoms with Crippen molar-refractivity contribution in [2.45, 2.75) is 92.9 Å². The van der Waals surface area contributed by atoms with E-state index in [1.807, 2.05) is 55.5 Å². The molecule has 9 heteroatoms. The van der Waals surface area contributed by atoms with Crippen LogP contribution in [0.25, 0.3) is 94.7 Å². The number of aryl methyl sites for hydroxylation is 2. The van der Waals surface area contributed by atoms with E-state index in [1.165, 1.54) is 22.3 Å². The molecule has 0 bridgehead atoms. The molecule has 4 heterocycles. The summed E-state index contributed by atoms with van der Waals surface area (Å²) in [5.74, 6) is 2.85. The topological polar surface area (TPSA) is 92.7 Å². The van der Waals surface area contributed by atoms with Crippen LogP contribution in [-0.2, 0) is 12.8 Å². The summed E-state index contributed by atoms with van der Waals surface area (Å²) < 4.78 is 24.8. The van der Waals surface area contributed by atoms with E-state index in [2.05, 4.69) is 196 Å². The minimum absolute atomic E-state index is 0.488. The van der Waals surface area contributed by atoms with Crippen LogP contribution in [0.3, 0.4) is 0 Å². The number of thiophene rings is 1. The number of aldehydes is 1. The fraction of sp³-hybridized carbons (Fsp3) is 0.231. The van der Waals surface area contributed by atoms with Gasteiger partial charge in [0.15, 0.2) is 6.29 Å². The molecular weight excluding hydrogens is 1090 g/mol. The third kappa shape index (κ3) is 17.5. The minimum atomic E-state index is 0.488. The largest absolute Gasteiger partial charge is 0.493 e. The maximum absolute atomic E-state index is 11.9. The molecule has 9 rings (SSSR count). The van der Waals surface area contributed by atoms with Gasteiger partial charge in [-0.1, -0.05) is 164 Å². The van der Waals surface area contributed by atoms with Gasteiger partial charge in [-0.05, 0) is 186 Å². The number of carbonyl (C=O) groups excluding carboxylic acids is 1. The Morgan fingerprint density at radius 1 is 0.356 bits per heavy atom. The standard InChI is InChI=1S/C78H79N3O5S/c1-7-17-60-48-63(33-28-58-25-30-59(31-26-58)67-49-73(71-19-13-15-41-79-71)81-74(50-67)72-20-14-16-42-80-72)61(18-8-2)47-62(60)32-27-56-21-23-57(24-22-56)29-34-64-51-76(84-44-10-4)65(52-75(64)83-43-9-3)35-37-69-39-40-70(87-69)38-36-66-53-78(86-46-12-6)68(55-82)54-77(66)85-45-11-5/h13-16,19-42,47-55H,7-12,17-18,43-46H2,1-6H3/b32-27+,33-28+,34-29+,37-35+,38-36+. The van der Waals surface area contributed by atoms with Gasteiger partial charge in [-0.3, -0.25) is 14.8 Å². The average Bonchev–Trinajstić information content (AvgIpc) is 3.71. The normalized spacial score (nSPS) is 11.7. The van der Waals surface area contributed by atoms with Crippen molar-refractivity contribution < 1.29 is 23.7 Å². The van der Waals surface area contributed by atoms with Crippen molar-refractivity contribution in [3.05, 3.63) is 229 Å². The van der Waals surface area contributed by atoms with Gasteiger partial charge in [0.05, 0.1) is 54.8 Å². The molecule has 0 atom stereocenters. The molecule has 8 nitrogen and oxygen atoms in total. The Bertz CT molecular complexity index is 3780. The second-order valence-corrected chi connectivity index (χ2v) is 22.5. The van der Waals surface area contributed by atoms with E-state index >= 15 is 0 Å². The molecule has 0 aliphatic rings. The number of hydrogen-bond acceptors (Lipinski definition) is 9. The first kappa shape index (κ1) is 62.4. The van der Waals surface area contributed by atoms with Crippen LogP contribution >= 0.6 is 11.3 Å². The second kappa shape index (κ2) is 32.4. The highest BCUT2D eigenvalue weighted by molar-refractivity contribution is 7.13. The summed E-state index contributed by atoms with van der Waals surface area (Å²) in [6.45, 7) is 15.2. The number of ether oxygens (including phenoxy) is 4. The third-order valence-corrected chi connectivity index (χ3v) is 15.4. The number of rotatable bonds is 30. The smallest absolute Gasteiger partial charge is 0.153 e. The van der Waals surface area contributed by atoms with Crippen LogP contribution in [0.2, 0.25) is 0 Å². The summed E-state index contributed by atoms with van der Waals surface area (Å²) in [6, 6.07) is 50.4. The van der Waals surface area contributed by atoms with Crippen LogP contribution in [0.5, 0.6) is 23.0 Å². The Morgan fingerprint density at radius 2 is 0.736 bits per heavy atom. The van der Waals surface area contributed by atoms with Gasteiger partial charge in [-0.15, -0.1) is 11.3 Å². The monoisotopic (exact) mass is 1170 g/mol. The number of benzene rings is 5. The summed E-state index contributed by atoms with van der Waals surface area (Å²) in [6.07, 6.45) is 33.7. The molecule has 0 amide bonds. The Kier molecular flexibility index (Phi) is 23.2. The van der Waals surface area contributed by atoms with Crippen molar-refractivity contribution in [3.63, 3.8) is 0 Å². The predicted octanol–water partition coefficient (Wildman–Crippen LogP) is 20.7. The van der Waals surface area contributed by atoms with Gasteiger partial charge in [0.1, 0.15) is 23.0 Å². The summed E-state index contributed by atoms with van der Waals surface area (Å²) in [7, 11) is 0. The van der Waals surface area contributed by atoms with Gasteiger partial charge in [-0.2, -0.15) is 0 Å². The van der Waals surface area contributed by atoms with Crippen LogP contribution in [0, 0.1) is 0 Å². The van der Waals surface area contributed by atoms with Gasteiger partial charge in [0.25, 0.3) is 0 Å². The number of nitrogens with zero attached hydrogens (tertiary/aromatic N) is 3. The molecule has 0 saturated carbocycles. The lowest BCUT2D eigenvalue weighted by Gasteiger charge is -2.15. The molecule has 0 aliphatic heterocycles. The average molecular weight is 1170 g/mol. The van der Waals surface area contributed by atoms with E-state index in [0.717, 1.165) is 146 Å². The summed E-state index contributed by atoms with van der Waals surface area (Å²) in [5.41, 5.74) is 17.3. The number of aromatic nitrogens is 3. The lowest BCUT2D eigenvalue weighted by molar-refractivity contribution is 0.111. The molecule has 0 unspecified atom stereocenters. The predicted molar refractivity (Wildman–Crippen MR) is 367 cm³/mol. The van der Waals surface area contributed by atoms with E-state index < -0.39 is 0 Å². The Hall–Kier alpha value is -9.18. The number of hydrogen-bond donors (Lipinski definition) is 0. The van der Waals surface area contributed by atoms with Crippen LogP contribution in [0.15, 0.2) is 158 Å². The maximum atomic E-state index is 11.9. The molecule has 0 N–H and O–H groups in total. The van der Waals surface area contributed by atoms with Gasteiger partial charge in [0.2, 0.25) is 0 Å². The molecule has 0 fully saturated rings. The first-order chi connectivity index (χ1) is 42.8. The van der Waals surface area contributed by atoms with Gasteiger partial charge in [0, 0.05) is 38.8 Å². The van der Waals surface area contributed by atoms with Crippen LogP contribution in [0.4, 0.5) is 0 Å². The molecular formula is C78H79N3O5S. The Labute approximate surface area is 519 Å². The molecule has 0 aliphatic carbocycles. The molecule has 442 valence electrons. The summed E-state index contributed by atoms with van der Waals surface area (Å²) in [5, 5.41) is 0. The zero-order chi connectivity index (χ0) is 60.6. The fourth-order valence-electron chi connectivity index (χ4n) is 9.97. The third-order valence-electron chi connectivity index (χ3n) is 14.4. The molecule has 4 aromatic heterocycles. The zero-order valence-electron chi connectivity index (χ0n) is 51.1. The van der Waals surface area contributed by atoms with E-state index in [4.69, 9.17) is 23.9 Å². The molecule has 0 spiro atoms. The highest BCUT2D eigenvalue weighted by Crippen LogP contribution is 2.36. The molecule has 87 heavy (non-hydrogen) atoms.